The van der Waals surface area contributed by atoms with E-state index in [4.69, 9.17) is 4.74 Å². The van der Waals surface area contributed by atoms with E-state index in [1.54, 1.807) is 5.38 Å². The summed E-state index contributed by atoms with van der Waals surface area (Å²) in [6.45, 7) is 7.31. The number of hydrogen-bond acceptors (Lipinski definition) is 7. The Hall–Kier alpha value is -2.02. The molecule has 0 N–H and O–H groups in total. The highest BCUT2D eigenvalue weighted by Gasteiger charge is 2.25. The van der Waals surface area contributed by atoms with Gasteiger partial charge in [0.05, 0.1) is 11.6 Å². The standard InChI is InChI=1S/C16H20N4O2S/c1-10-7-15(18-11(2)17-10)20-6-4-5-13(8-20)22-16(21)14-9-23-12(3)19-14/h7,9,13H,4-6,8H2,1-3H3/t13-/m1/s1. The molecule has 6 nitrogen and oxygen atoms in total. The van der Waals surface area contributed by atoms with Gasteiger partial charge in [-0.1, -0.05) is 0 Å². The molecule has 122 valence electrons. The average molecular weight is 332 g/mol. The van der Waals surface area contributed by atoms with Crippen LogP contribution in [-0.2, 0) is 4.74 Å². The van der Waals surface area contributed by atoms with E-state index in [-0.39, 0.29) is 12.1 Å². The Balaban J connectivity index is 1.67. The Morgan fingerprint density at radius 3 is 2.83 bits per heavy atom. The number of esters is 1. The second-order valence-electron chi connectivity index (χ2n) is 5.78. The van der Waals surface area contributed by atoms with E-state index in [9.17, 15) is 4.79 Å². The Labute approximate surface area is 139 Å². The number of piperidine rings is 1. The Morgan fingerprint density at radius 2 is 2.13 bits per heavy atom. The lowest BCUT2D eigenvalue weighted by Gasteiger charge is -2.33. The van der Waals surface area contributed by atoms with Crippen molar-refractivity contribution >= 4 is 23.1 Å². The molecular weight excluding hydrogens is 312 g/mol. The Morgan fingerprint density at radius 1 is 1.30 bits per heavy atom. The van der Waals surface area contributed by atoms with Gasteiger partial charge in [-0.25, -0.2) is 19.7 Å². The van der Waals surface area contributed by atoms with Crippen LogP contribution in [0.5, 0.6) is 0 Å². The smallest absolute Gasteiger partial charge is 0.358 e. The minimum absolute atomic E-state index is 0.131. The summed E-state index contributed by atoms with van der Waals surface area (Å²) in [5.41, 5.74) is 1.35. The van der Waals surface area contributed by atoms with Crippen molar-refractivity contribution in [3.8, 4) is 0 Å². The highest BCUT2D eigenvalue weighted by Crippen LogP contribution is 2.21. The normalized spacial score (nSPS) is 18.0. The minimum atomic E-state index is -0.337. The zero-order valence-corrected chi connectivity index (χ0v) is 14.4. The Kier molecular flexibility index (Phi) is 4.56. The first-order chi connectivity index (χ1) is 11.0. The number of carbonyl (C=O) groups is 1. The van der Waals surface area contributed by atoms with Crippen molar-refractivity contribution in [2.75, 3.05) is 18.0 Å². The van der Waals surface area contributed by atoms with Crippen LogP contribution in [0.4, 0.5) is 5.82 Å². The topological polar surface area (TPSA) is 68.2 Å². The maximum atomic E-state index is 12.2. The maximum absolute atomic E-state index is 12.2. The summed E-state index contributed by atoms with van der Waals surface area (Å²) in [5, 5.41) is 2.62. The summed E-state index contributed by atoms with van der Waals surface area (Å²) in [7, 11) is 0. The summed E-state index contributed by atoms with van der Waals surface area (Å²) in [4.78, 5) is 27.3. The molecule has 1 aliphatic rings. The SMILES string of the molecule is Cc1cc(N2CCC[C@@H](OC(=O)c3csc(C)n3)C2)nc(C)n1. The second kappa shape index (κ2) is 6.62. The fourth-order valence-corrected chi connectivity index (χ4v) is 3.35. The first-order valence-electron chi connectivity index (χ1n) is 7.71. The number of anilines is 1. The number of ether oxygens (including phenoxy) is 1. The van der Waals surface area contributed by atoms with Crippen molar-refractivity contribution in [1.82, 2.24) is 15.0 Å². The molecule has 0 unspecified atom stereocenters. The maximum Gasteiger partial charge on any atom is 0.358 e. The summed E-state index contributed by atoms with van der Waals surface area (Å²) in [6.07, 6.45) is 1.71. The van der Waals surface area contributed by atoms with E-state index >= 15 is 0 Å². The van der Waals surface area contributed by atoms with Gasteiger partial charge in [-0.15, -0.1) is 11.3 Å². The molecule has 1 fully saturated rings. The lowest BCUT2D eigenvalue weighted by molar-refractivity contribution is 0.0263. The zero-order valence-electron chi connectivity index (χ0n) is 13.6. The molecule has 0 aromatic carbocycles. The van der Waals surface area contributed by atoms with Crippen molar-refractivity contribution in [2.45, 2.75) is 39.7 Å². The predicted molar refractivity (Wildman–Crippen MR) is 89.0 cm³/mol. The fourth-order valence-electron chi connectivity index (χ4n) is 2.77. The molecule has 1 aliphatic heterocycles. The van der Waals surface area contributed by atoms with Gasteiger partial charge in [-0.3, -0.25) is 0 Å². The molecule has 3 rings (SSSR count). The van der Waals surface area contributed by atoms with E-state index < -0.39 is 0 Å². The third-order valence-corrected chi connectivity index (χ3v) is 4.53. The van der Waals surface area contributed by atoms with Crippen LogP contribution in [0, 0.1) is 20.8 Å². The number of aryl methyl sites for hydroxylation is 3. The van der Waals surface area contributed by atoms with Gasteiger partial charge in [-0.05, 0) is 33.6 Å². The summed E-state index contributed by atoms with van der Waals surface area (Å²) < 4.78 is 5.62. The lowest BCUT2D eigenvalue weighted by Crippen LogP contribution is -2.41. The van der Waals surface area contributed by atoms with E-state index in [0.29, 0.717) is 12.2 Å². The van der Waals surface area contributed by atoms with Gasteiger partial charge < -0.3 is 9.64 Å². The van der Waals surface area contributed by atoms with Crippen molar-refractivity contribution in [3.63, 3.8) is 0 Å². The first-order valence-corrected chi connectivity index (χ1v) is 8.59. The van der Waals surface area contributed by atoms with Crippen LogP contribution in [0.1, 0.15) is 39.9 Å². The van der Waals surface area contributed by atoms with Gasteiger partial charge in [0.15, 0.2) is 5.69 Å². The number of thiazole rings is 1. The molecule has 23 heavy (non-hydrogen) atoms. The Bertz CT molecular complexity index is 696. The molecule has 1 saturated heterocycles. The van der Waals surface area contributed by atoms with Crippen molar-refractivity contribution < 1.29 is 9.53 Å². The third-order valence-electron chi connectivity index (χ3n) is 3.76. The molecule has 2 aromatic rings. The summed E-state index contributed by atoms with van der Waals surface area (Å²) in [6, 6.07) is 1.97. The number of nitrogens with zero attached hydrogens (tertiary/aromatic N) is 4. The molecule has 0 spiro atoms. The highest BCUT2D eigenvalue weighted by atomic mass is 32.1. The minimum Gasteiger partial charge on any atom is -0.456 e. The molecule has 0 saturated carbocycles. The van der Waals surface area contributed by atoms with Crippen LogP contribution in [0.2, 0.25) is 0 Å². The highest BCUT2D eigenvalue weighted by molar-refractivity contribution is 7.09. The monoisotopic (exact) mass is 332 g/mol. The van der Waals surface area contributed by atoms with Crippen LogP contribution in [0.15, 0.2) is 11.4 Å². The molecule has 1 atom stereocenters. The quantitative estimate of drug-likeness (QED) is 0.805. The van der Waals surface area contributed by atoms with Crippen molar-refractivity contribution in [3.05, 3.63) is 33.7 Å². The third kappa shape index (κ3) is 3.85. The summed E-state index contributed by atoms with van der Waals surface area (Å²) in [5.74, 6) is 1.33. The molecule has 3 heterocycles. The van der Waals surface area contributed by atoms with E-state index in [1.807, 2.05) is 26.8 Å². The van der Waals surface area contributed by atoms with E-state index in [2.05, 4.69) is 19.9 Å². The number of rotatable bonds is 3. The van der Waals surface area contributed by atoms with Crippen molar-refractivity contribution in [2.24, 2.45) is 0 Å². The van der Waals surface area contributed by atoms with Crippen LogP contribution in [0.25, 0.3) is 0 Å². The zero-order chi connectivity index (χ0) is 16.4. The summed E-state index contributed by atoms with van der Waals surface area (Å²) >= 11 is 1.46. The molecule has 2 aromatic heterocycles. The molecule has 0 radical (unpaired) electrons. The van der Waals surface area contributed by atoms with Crippen molar-refractivity contribution in [1.29, 1.82) is 0 Å². The molecule has 0 aliphatic carbocycles. The average Bonchev–Trinajstić information content (AvgIpc) is 2.93. The lowest BCUT2D eigenvalue weighted by atomic mass is 10.1. The molecule has 0 amide bonds. The van der Waals surface area contributed by atoms with E-state index in [1.165, 1.54) is 11.3 Å². The predicted octanol–water partition coefficient (Wildman–Crippen LogP) is 2.68. The van der Waals surface area contributed by atoms with Gasteiger partial charge >= 0.3 is 5.97 Å². The van der Waals surface area contributed by atoms with Gasteiger partial charge in [0.2, 0.25) is 0 Å². The number of hydrogen-bond donors (Lipinski definition) is 0. The van der Waals surface area contributed by atoms with Crippen LogP contribution in [0.3, 0.4) is 0 Å². The number of carbonyl (C=O) groups excluding carboxylic acids is 1. The van der Waals surface area contributed by atoms with Gasteiger partial charge in [0, 0.05) is 23.7 Å². The second-order valence-corrected chi connectivity index (χ2v) is 6.84. The first kappa shape index (κ1) is 15.9. The van der Waals surface area contributed by atoms with Crippen LogP contribution in [-0.4, -0.2) is 40.1 Å². The van der Waals surface area contributed by atoms with Gasteiger partial charge in [0.25, 0.3) is 0 Å². The molecule has 0 bridgehead atoms. The van der Waals surface area contributed by atoms with Gasteiger partial charge in [-0.2, -0.15) is 0 Å². The number of aromatic nitrogens is 3. The van der Waals surface area contributed by atoms with Crippen LogP contribution < -0.4 is 4.90 Å². The fraction of sp³-hybridized carbons (Fsp3) is 0.500. The van der Waals surface area contributed by atoms with Gasteiger partial charge in [0.1, 0.15) is 17.7 Å². The largest absolute Gasteiger partial charge is 0.456 e. The van der Waals surface area contributed by atoms with E-state index in [0.717, 1.165) is 41.7 Å². The molecular formula is C16H20N4O2S. The van der Waals surface area contributed by atoms with Crippen LogP contribution >= 0.6 is 11.3 Å². The molecule has 7 heteroatoms.